The topological polar surface area (TPSA) is 240 Å². The van der Waals surface area contributed by atoms with Crippen molar-refractivity contribution in [3.8, 4) is 17.1 Å². The molecule has 5 heterocycles. The van der Waals surface area contributed by atoms with Crippen molar-refractivity contribution in [2.45, 2.75) is 82.5 Å². The van der Waals surface area contributed by atoms with Crippen LogP contribution < -0.4 is 31.3 Å². The van der Waals surface area contributed by atoms with E-state index >= 15 is 0 Å². The van der Waals surface area contributed by atoms with E-state index in [1.165, 1.54) is 4.90 Å². The van der Waals surface area contributed by atoms with Crippen LogP contribution >= 0.6 is 12.4 Å². The van der Waals surface area contributed by atoms with E-state index in [1.54, 1.807) is 30.6 Å². The molecule has 0 spiro atoms. The third-order valence-electron chi connectivity index (χ3n) is 12.7. The first-order valence-corrected chi connectivity index (χ1v) is 24.5. The van der Waals surface area contributed by atoms with Crippen LogP contribution in [0.5, 0.6) is 5.75 Å². The number of benzene rings is 3. The molecule has 1 unspecified atom stereocenters. The summed E-state index contributed by atoms with van der Waals surface area (Å²) < 4.78 is 22.9. The zero-order valence-electron chi connectivity index (χ0n) is 40.3. The summed E-state index contributed by atoms with van der Waals surface area (Å²) in [6, 6.07) is 23.5. The van der Waals surface area contributed by atoms with Crippen molar-refractivity contribution in [2.24, 2.45) is 0 Å². The molecular weight excluding hydrogens is 944 g/mol. The van der Waals surface area contributed by atoms with Crippen molar-refractivity contribution in [3.63, 3.8) is 0 Å². The number of carbonyl (C=O) groups is 5. The van der Waals surface area contributed by atoms with Crippen LogP contribution in [0.2, 0.25) is 0 Å². The Labute approximate surface area is 424 Å². The number of rotatable bonds is 26. The summed E-state index contributed by atoms with van der Waals surface area (Å²) in [7, 11) is 0. The second kappa shape index (κ2) is 26.6. The number of hydrogen-bond acceptors (Lipinski definition) is 14. The highest BCUT2D eigenvalue weighted by Crippen LogP contribution is 2.35. The van der Waals surface area contributed by atoms with Crippen molar-refractivity contribution in [1.29, 1.82) is 0 Å². The van der Waals surface area contributed by atoms with Crippen molar-refractivity contribution in [3.05, 3.63) is 119 Å². The molecule has 5 aromatic rings. The van der Waals surface area contributed by atoms with E-state index in [0.717, 1.165) is 80.0 Å². The summed E-state index contributed by atoms with van der Waals surface area (Å²) in [5.74, 6) is 0.664. The van der Waals surface area contributed by atoms with Gasteiger partial charge in [-0.2, -0.15) is 0 Å². The fourth-order valence-corrected chi connectivity index (χ4v) is 8.91. The van der Waals surface area contributed by atoms with Gasteiger partial charge in [0.1, 0.15) is 11.8 Å². The van der Waals surface area contributed by atoms with Gasteiger partial charge in [0, 0.05) is 72.1 Å². The van der Waals surface area contributed by atoms with Crippen molar-refractivity contribution < 1.29 is 42.9 Å². The Bertz CT molecular complexity index is 2610. The first-order valence-electron chi connectivity index (χ1n) is 24.5. The van der Waals surface area contributed by atoms with Gasteiger partial charge in [-0.1, -0.05) is 30.7 Å². The van der Waals surface area contributed by atoms with Crippen molar-refractivity contribution in [2.75, 3.05) is 70.0 Å². The number of pyridine rings is 1. The summed E-state index contributed by atoms with van der Waals surface area (Å²) in [5, 5.41) is 24.3. The van der Waals surface area contributed by atoms with Gasteiger partial charge in [0.15, 0.2) is 11.6 Å². The van der Waals surface area contributed by atoms with E-state index in [9.17, 15) is 24.0 Å². The van der Waals surface area contributed by atoms with E-state index in [0.29, 0.717) is 74.4 Å². The molecule has 0 aliphatic carbocycles. The highest BCUT2D eigenvalue weighted by Gasteiger charge is 2.40. The molecule has 3 aromatic carbocycles. The lowest BCUT2D eigenvalue weighted by Gasteiger charge is -2.37. The van der Waals surface area contributed by atoms with E-state index in [4.69, 9.17) is 18.9 Å². The van der Waals surface area contributed by atoms with E-state index in [2.05, 4.69) is 46.7 Å². The first-order chi connectivity index (χ1) is 34.7. The second-order valence-electron chi connectivity index (χ2n) is 17.8. The van der Waals surface area contributed by atoms with Gasteiger partial charge in [-0.05, 0) is 112 Å². The van der Waals surface area contributed by atoms with Crippen LogP contribution in [0.1, 0.15) is 95.5 Å². The van der Waals surface area contributed by atoms with Crippen LogP contribution in [0.4, 0.5) is 11.4 Å². The van der Waals surface area contributed by atoms with E-state index in [1.807, 2.05) is 60.7 Å². The predicted molar refractivity (Wildman–Crippen MR) is 270 cm³/mol. The maximum absolute atomic E-state index is 13.4. The highest BCUT2D eigenvalue weighted by molar-refractivity contribution is 6.06. The number of halogens is 1. The van der Waals surface area contributed by atoms with E-state index in [-0.39, 0.29) is 68.4 Å². The molecule has 72 heavy (non-hydrogen) atoms. The zero-order valence-corrected chi connectivity index (χ0v) is 41.1. The summed E-state index contributed by atoms with van der Waals surface area (Å²) >= 11 is 0. The third kappa shape index (κ3) is 14.4. The van der Waals surface area contributed by atoms with Gasteiger partial charge in [-0.15, -0.1) is 22.6 Å². The quantitative estimate of drug-likeness (QED) is 0.0288. The van der Waals surface area contributed by atoms with Gasteiger partial charge in [0.25, 0.3) is 11.8 Å². The lowest BCUT2D eigenvalue weighted by atomic mass is 9.87. The minimum Gasteiger partial charge on any atom is -0.494 e. The monoisotopic (exact) mass is 1010 g/mol. The van der Waals surface area contributed by atoms with Crippen molar-refractivity contribution >= 4 is 53.3 Å². The number of ether oxygens (including phenoxy) is 4. The molecule has 0 radical (unpaired) electrons. The normalized spacial score (nSPS) is 16.1. The standard InChI is InChI=1S/C52H62N10O9.ClH/c63-45-15-14-44(49(66)57-45)62-35-42-41(50(62)67)12-7-13-43(42)56-46(64)18-27-69-29-31-70-30-28-68-25-3-1-2-4-26-71-40-11-5-8-36(32-40)34-55-48(65)38-9-6-10-39(33-38)59-52(19-23-54-24-20-52)51-58-47(60-61-51)37-16-21-53-22-17-37;/h5-13,16-17,21-22,32-33,44,54,59H,1-4,14-15,18-20,23-31,34-35H2,(H,55,65)(H,56,64)(H,57,63,66)(H,58,60,61);1H. The molecule has 3 aliphatic rings. The predicted octanol–water partition coefficient (Wildman–Crippen LogP) is 5.69. The fraction of sp³-hybridized carbons (Fsp3) is 0.423. The summed E-state index contributed by atoms with van der Waals surface area (Å²) in [5.41, 5.74) is 4.36. The Kier molecular flexibility index (Phi) is 19.6. The van der Waals surface area contributed by atoms with Crippen LogP contribution in [0.25, 0.3) is 11.4 Å². The van der Waals surface area contributed by atoms with Gasteiger partial charge in [0.2, 0.25) is 17.7 Å². The number of amides is 5. The number of aromatic nitrogens is 4. The number of anilines is 2. The van der Waals surface area contributed by atoms with Gasteiger partial charge in [0.05, 0.1) is 51.6 Å². The zero-order chi connectivity index (χ0) is 49.3. The van der Waals surface area contributed by atoms with Gasteiger partial charge in [-0.25, -0.2) is 0 Å². The van der Waals surface area contributed by atoms with Crippen LogP contribution in [-0.2, 0) is 47.2 Å². The molecule has 382 valence electrons. The number of H-pyrrole nitrogens is 1. The number of piperidine rings is 2. The summed E-state index contributed by atoms with van der Waals surface area (Å²) in [6.45, 7) is 5.25. The number of carbonyl (C=O) groups excluding carboxylic acids is 5. The lowest BCUT2D eigenvalue weighted by molar-refractivity contribution is -0.137. The molecule has 3 aliphatic heterocycles. The highest BCUT2D eigenvalue weighted by atomic mass is 35.5. The third-order valence-corrected chi connectivity index (χ3v) is 12.7. The maximum atomic E-state index is 13.4. The Hall–Kier alpha value is -6.77. The molecular formula is C52H63ClN10O9. The largest absolute Gasteiger partial charge is 0.494 e. The Morgan fingerprint density at radius 2 is 1.53 bits per heavy atom. The van der Waals surface area contributed by atoms with Gasteiger partial charge in [-0.3, -0.25) is 34.3 Å². The Morgan fingerprint density at radius 3 is 2.32 bits per heavy atom. The van der Waals surface area contributed by atoms with Crippen LogP contribution in [0.15, 0.2) is 91.3 Å². The summed E-state index contributed by atoms with van der Waals surface area (Å²) in [6.07, 6.45) is 9.49. The Morgan fingerprint density at radius 1 is 0.792 bits per heavy atom. The molecule has 2 aromatic heterocycles. The molecule has 20 heteroatoms. The van der Waals surface area contributed by atoms with Crippen LogP contribution in [-0.4, -0.2) is 120 Å². The average Bonchev–Trinajstić information content (AvgIpc) is 4.03. The molecule has 5 amide bonds. The van der Waals surface area contributed by atoms with Gasteiger partial charge < -0.3 is 50.1 Å². The number of nitrogens with one attached hydrogen (secondary N) is 6. The van der Waals surface area contributed by atoms with Crippen molar-refractivity contribution in [1.82, 2.24) is 41.0 Å². The number of aromatic amines is 1. The minimum atomic E-state index is -0.724. The number of fused-ring (bicyclic) bond motifs is 1. The maximum Gasteiger partial charge on any atom is 0.255 e. The smallest absolute Gasteiger partial charge is 0.255 e. The molecule has 8 rings (SSSR count). The molecule has 19 nitrogen and oxygen atoms in total. The molecule has 2 saturated heterocycles. The van der Waals surface area contributed by atoms with Gasteiger partial charge >= 0.3 is 0 Å². The number of nitrogens with zero attached hydrogens (tertiary/aromatic N) is 4. The molecule has 2 fully saturated rings. The molecule has 1 atom stereocenters. The Balaban J connectivity index is 0.00000760. The molecule has 0 bridgehead atoms. The lowest BCUT2D eigenvalue weighted by Crippen LogP contribution is -2.52. The molecule has 6 N–H and O–H groups in total. The fourth-order valence-electron chi connectivity index (χ4n) is 8.91. The second-order valence-corrected chi connectivity index (χ2v) is 17.8. The number of unbranched alkanes of at least 4 members (excludes halogenated alkanes) is 3. The molecule has 0 saturated carbocycles. The van der Waals surface area contributed by atoms with E-state index < -0.39 is 17.5 Å². The first kappa shape index (κ1) is 53.0. The number of imide groups is 1. The number of hydrogen-bond donors (Lipinski definition) is 6. The minimum absolute atomic E-state index is 0. The average molecular weight is 1010 g/mol. The van der Waals surface area contributed by atoms with Crippen LogP contribution in [0, 0.1) is 0 Å². The SMILES string of the molecule is Cl.O=C1CCC(N2Cc3c(NC(=O)CCOCCOCCOCCCCCCOc4cccc(CNC(=O)c5cccc(NC6(c7nnc(-c8ccncc8)[nH]7)CCNCC6)c5)c4)cccc3C2=O)C(=O)N1. The van der Waals surface area contributed by atoms with Crippen LogP contribution in [0.3, 0.4) is 0 Å². The summed E-state index contributed by atoms with van der Waals surface area (Å²) in [4.78, 5) is 72.0.